The number of aromatic nitrogens is 1. The van der Waals surface area contributed by atoms with E-state index in [1.807, 2.05) is 36.4 Å². The molecule has 4 nitrogen and oxygen atoms in total. The Morgan fingerprint density at radius 3 is 2.33 bits per heavy atom. The first-order chi connectivity index (χ1) is 16.1. The van der Waals surface area contributed by atoms with Gasteiger partial charge in [0.15, 0.2) is 0 Å². The van der Waals surface area contributed by atoms with Crippen LogP contribution in [0.2, 0.25) is 0 Å². The van der Waals surface area contributed by atoms with Gasteiger partial charge in [0.1, 0.15) is 17.5 Å². The number of carbonyl (C=O) groups excluding carboxylic acids is 1. The maximum atomic E-state index is 14.1. The van der Waals surface area contributed by atoms with Crippen molar-refractivity contribution in [3.63, 3.8) is 0 Å². The van der Waals surface area contributed by atoms with Gasteiger partial charge in [-0.3, -0.25) is 14.7 Å². The van der Waals surface area contributed by atoms with Crippen molar-refractivity contribution in [1.29, 1.82) is 0 Å². The molecule has 6 heteroatoms. The first-order valence-corrected chi connectivity index (χ1v) is 11.5. The molecule has 0 radical (unpaired) electrons. The number of rotatable bonds is 4. The third-order valence-corrected chi connectivity index (χ3v) is 6.44. The average molecular weight is 446 g/mol. The molecule has 0 saturated carbocycles. The Kier molecular flexibility index (Phi) is 5.99. The lowest BCUT2D eigenvalue weighted by Gasteiger charge is -2.19. The van der Waals surface area contributed by atoms with Crippen LogP contribution in [-0.2, 0) is 4.79 Å². The fourth-order valence-corrected chi connectivity index (χ4v) is 4.63. The molecule has 5 rings (SSSR count). The van der Waals surface area contributed by atoms with Crippen LogP contribution in [0.15, 0.2) is 65.8 Å². The fourth-order valence-electron chi connectivity index (χ4n) is 4.63. The zero-order valence-corrected chi connectivity index (χ0v) is 18.3. The van der Waals surface area contributed by atoms with Crippen LogP contribution in [0.5, 0.6) is 0 Å². The number of nitrogens with zero attached hydrogens (tertiary/aromatic N) is 3. The van der Waals surface area contributed by atoms with Crippen molar-refractivity contribution in [3.05, 3.63) is 83.6 Å². The van der Waals surface area contributed by atoms with E-state index in [0.29, 0.717) is 24.4 Å². The highest BCUT2D eigenvalue weighted by Gasteiger charge is 2.24. The van der Waals surface area contributed by atoms with Crippen molar-refractivity contribution >= 4 is 17.4 Å². The second-order valence-corrected chi connectivity index (χ2v) is 8.61. The Bertz CT molecular complexity index is 1170. The molecule has 1 aromatic heterocycles. The first-order valence-electron chi connectivity index (χ1n) is 11.5. The van der Waals surface area contributed by atoms with Gasteiger partial charge in [-0.25, -0.2) is 13.8 Å². The topological polar surface area (TPSA) is 45.6 Å². The number of carbonyl (C=O) groups is 1. The normalized spacial score (nSPS) is 18.8. The third kappa shape index (κ3) is 4.42. The molecule has 1 amide bonds. The number of amides is 1. The molecule has 168 valence electrons. The van der Waals surface area contributed by atoms with Crippen molar-refractivity contribution in [2.45, 2.75) is 44.6 Å². The maximum Gasteiger partial charge on any atom is 0.228 e. The van der Waals surface area contributed by atoms with E-state index in [-0.39, 0.29) is 17.5 Å². The predicted molar refractivity (Wildman–Crippen MR) is 125 cm³/mol. The summed E-state index contributed by atoms with van der Waals surface area (Å²) in [6.07, 6.45) is 6.68. The van der Waals surface area contributed by atoms with Crippen LogP contribution >= 0.6 is 0 Å². The highest BCUT2D eigenvalue weighted by atomic mass is 19.1. The van der Waals surface area contributed by atoms with Crippen LogP contribution in [0, 0.1) is 11.6 Å². The molecule has 2 aliphatic heterocycles. The predicted octanol–water partition coefficient (Wildman–Crippen LogP) is 6.26. The van der Waals surface area contributed by atoms with Crippen LogP contribution < -0.4 is 4.90 Å². The molecule has 0 spiro atoms. The van der Waals surface area contributed by atoms with E-state index in [4.69, 9.17) is 0 Å². The second-order valence-electron chi connectivity index (χ2n) is 8.61. The van der Waals surface area contributed by atoms with Gasteiger partial charge in [-0.2, -0.15) is 0 Å². The monoisotopic (exact) mass is 445 g/mol. The lowest BCUT2D eigenvalue weighted by atomic mass is 10.00. The number of anilines is 1. The summed E-state index contributed by atoms with van der Waals surface area (Å²) in [6, 6.07) is 15.7. The molecule has 0 aliphatic carbocycles. The Balaban J connectivity index is 1.32. The molecule has 33 heavy (non-hydrogen) atoms. The van der Waals surface area contributed by atoms with Gasteiger partial charge in [0.25, 0.3) is 0 Å². The number of benzene rings is 2. The second kappa shape index (κ2) is 9.22. The highest BCUT2D eigenvalue weighted by Crippen LogP contribution is 2.33. The molecule has 0 N–H and O–H groups in total. The fraction of sp³-hybridized carbons (Fsp3) is 0.296. The van der Waals surface area contributed by atoms with E-state index >= 15 is 0 Å². The Morgan fingerprint density at radius 1 is 0.848 bits per heavy atom. The minimum absolute atomic E-state index is 0.00863. The molecule has 2 aromatic carbocycles. The summed E-state index contributed by atoms with van der Waals surface area (Å²) >= 11 is 0. The minimum atomic E-state index is -0.567. The summed E-state index contributed by atoms with van der Waals surface area (Å²) in [5.41, 5.74) is 3.48. The Hall–Kier alpha value is -3.41. The zero-order valence-electron chi connectivity index (χ0n) is 18.3. The van der Waals surface area contributed by atoms with Gasteiger partial charge in [0, 0.05) is 30.4 Å². The minimum Gasteiger partial charge on any atom is -0.297 e. The summed E-state index contributed by atoms with van der Waals surface area (Å²) in [6.45, 7) is 0.723. The molecule has 0 bridgehead atoms. The van der Waals surface area contributed by atoms with Crippen molar-refractivity contribution in [3.8, 4) is 11.1 Å². The average Bonchev–Trinajstić information content (AvgIpc) is 3.21. The number of halogens is 2. The van der Waals surface area contributed by atoms with Crippen molar-refractivity contribution in [2.24, 2.45) is 4.99 Å². The molecule has 1 atom stereocenters. The van der Waals surface area contributed by atoms with Gasteiger partial charge in [-0.1, -0.05) is 36.8 Å². The lowest BCUT2D eigenvalue weighted by Crippen LogP contribution is -2.30. The van der Waals surface area contributed by atoms with Gasteiger partial charge in [0.2, 0.25) is 5.91 Å². The molecular weight excluding hydrogens is 420 g/mol. The quantitative estimate of drug-likeness (QED) is 0.476. The molecule has 2 aliphatic rings. The molecular formula is C27H25F2N3O. The van der Waals surface area contributed by atoms with E-state index in [9.17, 15) is 13.6 Å². The number of pyridine rings is 1. The first kappa shape index (κ1) is 21.4. The largest absolute Gasteiger partial charge is 0.297 e. The molecule has 1 fully saturated rings. The molecule has 1 unspecified atom stereocenters. The summed E-state index contributed by atoms with van der Waals surface area (Å²) in [5, 5.41) is 0. The van der Waals surface area contributed by atoms with E-state index in [1.54, 1.807) is 11.1 Å². The highest BCUT2D eigenvalue weighted by molar-refractivity contribution is 6.02. The van der Waals surface area contributed by atoms with E-state index in [2.05, 4.69) is 9.98 Å². The molecule has 3 aromatic rings. The van der Waals surface area contributed by atoms with Crippen molar-refractivity contribution in [1.82, 2.24) is 4.98 Å². The van der Waals surface area contributed by atoms with Gasteiger partial charge in [-0.15, -0.1) is 0 Å². The maximum absolute atomic E-state index is 14.1. The third-order valence-electron chi connectivity index (χ3n) is 6.44. The summed E-state index contributed by atoms with van der Waals surface area (Å²) in [5.74, 6) is -0.288. The smallest absolute Gasteiger partial charge is 0.228 e. The summed E-state index contributed by atoms with van der Waals surface area (Å²) in [4.78, 5) is 23.3. The van der Waals surface area contributed by atoms with Crippen LogP contribution in [0.25, 0.3) is 11.1 Å². The van der Waals surface area contributed by atoms with Gasteiger partial charge in [-0.05, 0) is 61.1 Å². The number of hydrogen-bond donors (Lipinski definition) is 0. The lowest BCUT2D eigenvalue weighted by molar-refractivity contribution is -0.118. The SMILES string of the molecule is O=C1CCCCCN1c1ccc(-c2ccc(C3CCC(c4c(F)cccc4F)=N3)cc2)cn1. The van der Waals surface area contributed by atoms with Gasteiger partial charge >= 0.3 is 0 Å². The summed E-state index contributed by atoms with van der Waals surface area (Å²) in [7, 11) is 0. The Morgan fingerprint density at radius 2 is 1.61 bits per heavy atom. The summed E-state index contributed by atoms with van der Waals surface area (Å²) < 4.78 is 28.2. The van der Waals surface area contributed by atoms with E-state index < -0.39 is 11.6 Å². The van der Waals surface area contributed by atoms with Crippen LogP contribution in [0.3, 0.4) is 0 Å². The van der Waals surface area contributed by atoms with E-state index in [0.717, 1.165) is 48.9 Å². The van der Waals surface area contributed by atoms with Crippen molar-refractivity contribution < 1.29 is 13.6 Å². The Labute approximate surface area is 192 Å². The van der Waals surface area contributed by atoms with Crippen molar-refractivity contribution in [2.75, 3.05) is 11.4 Å². The van der Waals surface area contributed by atoms with Crippen LogP contribution in [0.1, 0.15) is 55.7 Å². The molecule has 1 saturated heterocycles. The number of hydrogen-bond acceptors (Lipinski definition) is 3. The van der Waals surface area contributed by atoms with Crippen LogP contribution in [0.4, 0.5) is 14.6 Å². The van der Waals surface area contributed by atoms with Gasteiger partial charge < -0.3 is 0 Å². The zero-order chi connectivity index (χ0) is 22.8. The van der Waals surface area contributed by atoms with Gasteiger partial charge in [0.05, 0.1) is 11.6 Å². The standard InChI is InChI=1S/C27H25F2N3O/c28-21-5-4-6-22(29)27(21)24-14-13-23(31-24)19-10-8-18(9-11-19)20-12-15-25(30-17-20)32-16-3-1-2-7-26(32)33/h4-6,8-12,15,17,23H,1-3,7,13-14,16H2. The van der Waals surface area contributed by atoms with Crippen LogP contribution in [-0.4, -0.2) is 23.1 Å². The molecule has 3 heterocycles. The number of aliphatic imine (C=N–C) groups is 1. The van der Waals surface area contributed by atoms with E-state index in [1.165, 1.54) is 18.2 Å².